The highest BCUT2D eigenvalue weighted by atomic mass is 16.2. The lowest BCUT2D eigenvalue weighted by Gasteiger charge is -2.23. The third-order valence-corrected chi connectivity index (χ3v) is 2.46. The van der Waals surface area contributed by atoms with Crippen LogP contribution in [0.1, 0.15) is 13.3 Å². The second kappa shape index (κ2) is 6.06. The van der Waals surface area contributed by atoms with Crippen LogP contribution in [0.15, 0.2) is 12.2 Å². The summed E-state index contributed by atoms with van der Waals surface area (Å²) in [6, 6.07) is -1.04. The van der Waals surface area contributed by atoms with Crippen molar-refractivity contribution in [3.8, 4) is 0 Å². The molecule has 1 rings (SSSR count). The molecule has 98 valence electrons. The minimum atomic E-state index is -1.04. The monoisotopic (exact) mass is 253 g/mol. The summed E-state index contributed by atoms with van der Waals surface area (Å²) in [5, 5.41) is 2.47. The second-order valence-electron chi connectivity index (χ2n) is 3.87. The van der Waals surface area contributed by atoms with Crippen LogP contribution in [0.3, 0.4) is 0 Å². The highest BCUT2D eigenvalue weighted by Crippen LogP contribution is 2.08. The molecule has 0 aromatic heterocycles. The summed E-state index contributed by atoms with van der Waals surface area (Å²) >= 11 is 0. The lowest BCUT2D eigenvalue weighted by Crippen LogP contribution is -2.53. The highest BCUT2D eigenvalue weighted by Gasteiger charge is 2.34. The molecule has 0 aromatic rings. The fourth-order valence-electron chi connectivity index (χ4n) is 1.53. The molecule has 1 unspecified atom stereocenters. The summed E-state index contributed by atoms with van der Waals surface area (Å²) in [5.41, 5.74) is 5.41. The Hall–Kier alpha value is -2.02. The number of amides is 3. The van der Waals surface area contributed by atoms with Gasteiger partial charge in [-0.3, -0.25) is 24.1 Å². The molecule has 7 heteroatoms. The van der Waals surface area contributed by atoms with Gasteiger partial charge in [-0.2, -0.15) is 0 Å². The SMILES string of the molecule is CC(=O)CCNC(=O)C(CN)N1C(=O)C=CC1=O. The van der Waals surface area contributed by atoms with Gasteiger partial charge >= 0.3 is 0 Å². The van der Waals surface area contributed by atoms with Gasteiger partial charge in [0.05, 0.1) is 0 Å². The van der Waals surface area contributed by atoms with Crippen molar-refractivity contribution in [3.63, 3.8) is 0 Å². The van der Waals surface area contributed by atoms with Crippen molar-refractivity contribution < 1.29 is 19.2 Å². The lowest BCUT2D eigenvalue weighted by molar-refractivity contribution is -0.145. The van der Waals surface area contributed by atoms with Gasteiger partial charge in [0.25, 0.3) is 11.8 Å². The summed E-state index contributed by atoms with van der Waals surface area (Å²) in [5.74, 6) is -1.71. The van der Waals surface area contributed by atoms with Gasteiger partial charge in [0.1, 0.15) is 11.8 Å². The van der Waals surface area contributed by atoms with Crippen molar-refractivity contribution in [3.05, 3.63) is 12.2 Å². The van der Waals surface area contributed by atoms with Crippen molar-refractivity contribution >= 4 is 23.5 Å². The van der Waals surface area contributed by atoms with E-state index in [0.717, 1.165) is 17.1 Å². The first-order chi connectivity index (χ1) is 8.47. The third-order valence-electron chi connectivity index (χ3n) is 2.46. The van der Waals surface area contributed by atoms with E-state index in [1.165, 1.54) is 6.92 Å². The average molecular weight is 253 g/mol. The number of Topliss-reactive ketones (excluding diaryl/α,β-unsaturated/α-hetero) is 1. The van der Waals surface area contributed by atoms with Crippen molar-refractivity contribution in [1.82, 2.24) is 10.2 Å². The van der Waals surface area contributed by atoms with Crippen LogP contribution < -0.4 is 11.1 Å². The van der Waals surface area contributed by atoms with E-state index >= 15 is 0 Å². The van der Waals surface area contributed by atoms with Crippen molar-refractivity contribution in [2.75, 3.05) is 13.1 Å². The fourth-order valence-corrected chi connectivity index (χ4v) is 1.53. The van der Waals surface area contributed by atoms with E-state index in [0.29, 0.717) is 0 Å². The van der Waals surface area contributed by atoms with Crippen LogP contribution in [0.4, 0.5) is 0 Å². The van der Waals surface area contributed by atoms with Gasteiger partial charge in [0.15, 0.2) is 0 Å². The van der Waals surface area contributed by atoms with Crippen LogP contribution in [0.5, 0.6) is 0 Å². The molecule has 0 fully saturated rings. The summed E-state index contributed by atoms with van der Waals surface area (Å²) in [6.07, 6.45) is 2.38. The lowest BCUT2D eigenvalue weighted by atomic mass is 10.2. The number of nitrogens with two attached hydrogens (primary N) is 1. The molecule has 18 heavy (non-hydrogen) atoms. The Morgan fingerprint density at radius 2 is 1.89 bits per heavy atom. The first-order valence-corrected chi connectivity index (χ1v) is 5.49. The minimum absolute atomic E-state index is 0.0606. The number of nitrogens with zero attached hydrogens (tertiary/aromatic N) is 1. The molecule has 0 saturated carbocycles. The number of carbonyl (C=O) groups is 4. The number of imide groups is 1. The Morgan fingerprint density at radius 3 is 2.33 bits per heavy atom. The molecular formula is C11H15N3O4. The Balaban J connectivity index is 2.60. The third kappa shape index (κ3) is 3.24. The number of hydrogen-bond donors (Lipinski definition) is 2. The van der Waals surface area contributed by atoms with Gasteiger partial charge in [0, 0.05) is 31.7 Å². The van der Waals surface area contributed by atoms with Crippen LogP contribution in [0.2, 0.25) is 0 Å². The molecule has 0 radical (unpaired) electrons. The molecule has 0 spiro atoms. The van der Waals surface area contributed by atoms with Gasteiger partial charge in [-0.1, -0.05) is 0 Å². The van der Waals surface area contributed by atoms with Gasteiger partial charge in [0.2, 0.25) is 5.91 Å². The number of rotatable bonds is 6. The van der Waals surface area contributed by atoms with E-state index in [1.54, 1.807) is 0 Å². The van der Waals surface area contributed by atoms with Crippen LogP contribution in [0.25, 0.3) is 0 Å². The van der Waals surface area contributed by atoms with Crippen LogP contribution >= 0.6 is 0 Å². The molecule has 1 heterocycles. The molecule has 1 aliphatic heterocycles. The quantitative estimate of drug-likeness (QED) is 0.550. The number of hydrogen-bond acceptors (Lipinski definition) is 5. The largest absolute Gasteiger partial charge is 0.354 e. The Labute approximate surface area is 104 Å². The molecule has 0 aromatic carbocycles. The van der Waals surface area contributed by atoms with Crippen LogP contribution in [-0.2, 0) is 19.2 Å². The molecule has 1 aliphatic rings. The molecule has 0 bridgehead atoms. The van der Waals surface area contributed by atoms with E-state index in [2.05, 4.69) is 5.32 Å². The zero-order valence-corrected chi connectivity index (χ0v) is 10.0. The average Bonchev–Trinajstić information content (AvgIpc) is 2.61. The minimum Gasteiger partial charge on any atom is -0.354 e. The molecule has 0 saturated heterocycles. The first kappa shape index (κ1) is 14.0. The van der Waals surface area contributed by atoms with E-state index in [4.69, 9.17) is 5.73 Å². The molecule has 7 nitrogen and oxygen atoms in total. The number of ketones is 1. The topological polar surface area (TPSA) is 110 Å². The highest BCUT2D eigenvalue weighted by molar-refractivity contribution is 6.15. The maximum atomic E-state index is 11.8. The molecule has 3 amide bonds. The van der Waals surface area contributed by atoms with Crippen molar-refractivity contribution in [2.24, 2.45) is 5.73 Å². The van der Waals surface area contributed by atoms with Crippen LogP contribution in [0, 0.1) is 0 Å². The maximum absolute atomic E-state index is 11.8. The van der Waals surface area contributed by atoms with Crippen molar-refractivity contribution in [1.29, 1.82) is 0 Å². The Kier molecular flexibility index (Phi) is 4.73. The predicted molar refractivity (Wildman–Crippen MR) is 62.1 cm³/mol. The standard InChI is InChI=1S/C11H15N3O4/c1-7(15)4-5-13-11(18)8(6-12)14-9(16)2-3-10(14)17/h2-3,8H,4-6,12H2,1H3,(H,13,18). The zero-order chi connectivity index (χ0) is 13.7. The van der Waals surface area contributed by atoms with Gasteiger partial charge in [-0.05, 0) is 6.92 Å². The Bertz CT molecular complexity index is 399. The fraction of sp³-hybridized carbons (Fsp3) is 0.455. The smallest absolute Gasteiger partial charge is 0.254 e. The molecule has 1 atom stereocenters. The molecule has 3 N–H and O–H groups in total. The van der Waals surface area contributed by atoms with Gasteiger partial charge < -0.3 is 11.1 Å². The van der Waals surface area contributed by atoms with Crippen LogP contribution in [-0.4, -0.2) is 47.5 Å². The summed E-state index contributed by atoms with van der Waals surface area (Å²) < 4.78 is 0. The normalized spacial score (nSPS) is 16.0. The van der Waals surface area contributed by atoms with E-state index < -0.39 is 23.8 Å². The zero-order valence-electron chi connectivity index (χ0n) is 10.0. The second-order valence-corrected chi connectivity index (χ2v) is 3.87. The van der Waals surface area contributed by atoms with Crippen molar-refractivity contribution in [2.45, 2.75) is 19.4 Å². The summed E-state index contributed by atoms with van der Waals surface area (Å²) in [7, 11) is 0. The number of carbonyl (C=O) groups excluding carboxylic acids is 4. The molecular weight excluding hydrogens is 238 g/mol. The summed E-state index contributed by atoms with van der Waals surface area (Å²) in [6.45, 7) is 1.41. The number of nitrogens with one attached hydrogen (secondary N) is 1. The summed E-state index contributed by atoms with van der Waals surface area (Å²) in [4.78, 5) is 46.1. The predicted octanol–water partition coefficient (Wildman–Crippen LogP) is -1.67. The van der Waals surface area contributed by atoms with E-state index in [9.17, 15) is 19.2 Å². The van der Waals surface area contributed by atoms with Gasteiger partial charge in [-0.25, -0.2) is 0 Å². The van der Waals surface area contributed by atoms with E-state index in [1.807, 2.05) is 0 Å². The molecule has 0 aliphatic carbocycles. The van der Waals surface area contributed by atoms with Gasteiger partial charge in [-0.15, -0.1) is 0 Å². The maximum Gasteiger partial charge on any atom is 0.254 e. The van der Waals surface area contributed by atoms with E-state index in [-0.39, 0.29) is 25.3 Å². The first-order valence-electron chi connectivity index (χ1n) is 5.49. The Morgan fingerprint density at radius 1 is 1.33 bits per heavy atom.